The van der Waals surface area contributed by atoms with Crippen molar-refractivity contribution in [2.75, 3.05) is 45.0 Å². The molecule has 0 radical (unpaired) electrons. The third-order valence-corrected chi connectivity index (χ3v) is 12.5. The molecular formula is C27H44FN7O3S. The molecule has 0 aromatic carbocycles. The molecular weight excluding hydrogens is 521 g/mol. The van der Waals surface area contributed by atoms with Gasteiger partial charge >= 0.3 is 0 Å². The Morgan fingerprint density at radius 1 is 1.18 bits per heavy atom. The first-order valence-electron chi connectivity index (χ1n) is 14.8. The second-order valence-electron chi connectivity index (χ2n) is 12.7. The van der Waals surface area contributed by atoms with Crippen molar-refractivity contribution in [3.8, 4) is 0 Å². The first-order chi connectivity index (χ1) is 18.7. The number of fused-ring (bicyclic) bond motifs is 4. The fourth-order valence-corrected chi connectivity index (χ4v) is 10.4. The molecule has 7 atom stereocenters. The standard InChI is InChI=1S/C27H44FN7O3S/c28-17-5-8-27(19-3-1-2-4-20(19)27)13-21(32-14-17)24(25(29)30)26(36)33-22-15-31-9-6-23(22)34-10-11-35-18(16-34)7-12-39(35,37)38/h5,18-20,22-25,31H,1-4,6-16,29-30H2,(H,33,36)/b17-5+,32-21?/t18-,19-,20?,22?,23?,24?,27?/m0/s1. The number of nitrogens with zero attached hydrogens (tertiary/aromatic N) is 3. The van der Waals surface area contributed by atoms with E-state index in [1.54, 1.807) is 10.4 Å². The van der Waals surface area contributed by atoms with Gasteiger partial charge in [0.05, 0.1) is 24.5 Å². The molecule has 2 saturated carbocycles. The van der Waals surface area contributed by atoms with Crippen LogP contribution in [0.3, 0.4) is 0 Å². The zero-order chi connectivity index (χ0) is 27.4. The molecule has 5 fully saturated rings. The largest absolute Gasteiger partial charge is 0.350 e. The lowest BCUT2D eigenvalue weighted by atomic mass is 9.83. The van der Waals surface area contributed by atoms with E-state index in [2.05, 4.69) is 20.5 Å². The average Bonchev–Trinajstić information content (AvgIpc) is 3.44. The van der Waals surface area contributed by atoms with Crippen LogP contribution in [0.2, 0.25) is 0 Å². The smallest absolute Gasteiger partial charge is 0.232 e. The first-order valence-corrected chi connectivity index (χ1v) is 16.4. The lowest BCUT2D eigenvalue weighted by Gasteiger charge is -2.45. The van der Waals surface area contributed by atoms with Crippen LogP contribution in [0.4, 0.5) is 4.39 Å². The normalized spacial score (nSPS) is 41.0. The van der Waals surface area contributed by atoms with Crippen molar-refractivity contribution in [2.45, 2.75) is 75.7 Å². The van der Waals surface area contributed by atoms with Crippen molar-refractivity contribution in [2.24, 2.45) is 39.6 Å². The zero-order valence-electron chi connectivity index (χ0n) is 22.7. The molecule has 12 heteroatoms. The second kappa shape index (κ2) is 10.8. The number of hydrogen-bond acceptors (Lipinski definition) is 8. The molecule has 218 valence electrons. The number of hydrogen-bond donors (Lipinski definition) is 4. The number of carbonyl (C=O) groups is 1. The molecule has 1 spiro atoms. The quantitative estimate of drug-likeness (QED) is 0.351. The van der Waals surface area contributed by atoms with Crippen molar-refractivity contribution < 1.29 is 17.6 Å². The number of aliphatic imine (C=N–C) groups is 1. The summed E-state index contributed by atoms with van der Waals surface area (Å²) in [6, 6.07) is -0.0707. The van der Waals surface area contributed by atoms with Gasteiger partial charge in [0.1, 0.15) is 11.7 Å². The summed E-state index contributed by atoms with van der Waals surface area (Å²) < 4.78 is 41.0. The molecule has 1 amide bonds. The minimum absolute atomic E-state index is 0.00527. The van der Waals surface area contributed by atoms with E-state index < -0.39 is 22.1 Å². The number of halogens is 1. The van der Waals surface area contributed by atoms with Gasteiger partial charge in [-0.3, -0.25) is 14.7 Å². The average molecular weight is 566 g/mol. The van der Waals surface area contributed by atoms with Gasteiger partial charge in [0.15, 0.2) is 0 Å². The number of piperazine rings is 1. The Morgan fingerprint density at radius 3 is 2.69 bits per heavy atom. The molecule has 4 heterocycles. The summed E-state index contributed by atoms with van der Waals surface area (Å²) in [5.74, 6) is 0.0324. The fourth-order valence-electron chi connectivity index (χ4n) is 8.57. The summed E-state index contributed by atoms with van der Waals surface area (Å²) in [6.07, 6.45) is 8.36. The van der Waals surface area contributed by atoms with E-state index in [0.29, 0.717) is 63.0 Å². The number of piperidine rings is 1. The minimum Gasteiger partial charge on any atom is -0.350 e. The second-order valence-corrected chi connectivity index (χ2v) is 14.7. The van der Waals surface area contributed by atoms with Gasteiger partial charge in [0.2, 0.25) is 15.9 Å². The van der Waals surface area contributed by atoms with Crippen LogP contribution in [-0.4, -0.2) is 98.6 Å². The summed E-state index contributed by atoms with van der Waals surface area (Å²) >= 11 is 0. The number of carbonyl (C=O) groups excluding carboxylic acids is 1. The van der Waals surface area contributed by atoms with Crippen molar-refractivity contribution in [1.29, 1.82) is 0 Å². The van der Waals surface area contributed by atoms with E-state index in [4.69, 9.17) is 11.5 Å². The topological polar surface area (TPSA) is 146 Å². The fraction of sp³-hybridized carbons (Fsp3) is 0.852. The zero-order valence-corrected chi connectivity index (χ0v) is 23.5. The van der Waals surface area contributed by atoms with Crippen molar-refractivity contribution in [3.05, 3.63) is 11.9 Å². The number of sulfonamides is 1. The van der Waals surface area contributed by atoms with E-state index in [0.717, 1.165) is 25.8 Å². The molecule has 6 N–H and O–H groups in total. The van der Waals surface area contributed by atoms with E-state index in [9.17, 15) is 17.6 Å². The summed E-state index contributed by atoms with van der Waals surface area (Å²) in [5, 5.41) is 6.65. The van der Waals surface area contributed by atoms with Gasteiger partial charge in [-0.15, -0.1) is 0 Å². The lowest BCUT2D eigenvalue weighted by molar-refractivity contribution is -0.125. The van der Waals surface area contributed by atoms with Crippen LogP contribution in [0.5, 0.6) is 0 Å². The van der Waals surface area contributed by atoms with Crippen LogP contribution in [0, 0.1) is 23.2 Å². The number of rotatable bonds is 5. The van der Waals surface area contributed by atoms with E-state index in [1.807, 2.05) is 0 Å². The number of amides is 1. The molecule has 2 aliphatic carbocycles. The Morgan fingerprint density at radius 2 is 1.95 bits per heavy atom. The highest BCUT2D eigenvalue weighted by atomic mass is 32.2. The maximum atomic E-state index is 14.6. The molecule has 3 saturated heterocycles. The molecule has 6 aliphatic rings. The van der Waals surface area contributed by atoms with Crippen LogP contribution in [0.1, 0.15) is 51.4 Å². The van der Waals surface area contributed by atoms with Crippen molar-refractivity contribution in [3.63, 3.8) is 0 Å². The van der Waals surface area contributed by atoms with Crippen molar-refractivity contribution in [1.82, 2.24) is 19.8 Å². The molecule has 0 aromatic rings. The Bertz CT molecular complexity index is 1120. The van der Waals surface area contributed by atoms with Gasteiger partial charge in [-0.25, -0.2) is 12.8 Å². The Kier molecular flexibility index (Phi) is 7.64. The molecule has 10 nitrogen and oxygen atoms in total. The predicted molar refractivity (Wildman–Crippen MR) is 148 cm³/mol. The monoisotopic (exact) mass is 565 g/mol. The van der Waals surface area contributed by atoms with Crippen LogP contribution in [0.25, 0.3) is 0 Å². The predicted octanol–water partition coefficient (Wildman–Crippen LogP) is 0.307. The van der Waals surface area contributed by atoms with E-state index in [-0.39, 0.29) is 47.6 Å². The highest BCUT2D eigenvalue weighted by Gasteiger charge is 2.64. The van der Waals surface area contributed by atoms with E-state index >= 15 is 0 Å². The van der Waals surface area contributed by atoms with E-state index in [1.165, 1.54) is 12.8 Å². The third kappa shape index (κ3) is 5.21. The highest BCUT2D eigenvalue weighted by molar-refractivity contribution is 7.89. The van der Waals surface area contributed by atoms with Gasteiger partial charge < -0.3 is 22.1 Å². The summed E-state index contributed by atoms with van der Waals surface area (Å²) in [7, 11) is -3.14. The lowest BCUT2D eigenvalue weighted by Crippen LogP contribution is -2.65. The minimum atomic E-state index is -3.14. The molecule has 0 bridgehead atoms. The SMILES string of the molecule is NC(N)C(C(=O)NC1CNCCC1N1CCN2[C@@H](CCS2(=O)=O)C1)C1=NC/C(F)=C\CC2(C1)C1CCCC[C@@H]12. The van der Waals surface area contributed by atoms with Gasteiger partial charge in [-0.1, -0.05) is 18.9 Å². The van der Waals surface area contributed by atoms with Gasteiger partial charge in [0.25, 0.3) is 0 Å². The van der Waals surface area contributed by atoms with Crippen LogP contribution >= 0.6 is 0 Å². The summed E-state index contributed by atoms with van der Waals surface area (Å²) in [5.41, 5.74) is 13.1. The van der Waals surface area contributed by atoms with Crippen LogP contribution in [0.15, 0.2) is 16.9 Å². The number of nitrogens with two attached hydrogens (primary N) is 2. The Balaban J connectivity index is 1.18. The van der Waals surface area contributed by atoms with Crippen LogP contribution < -0.4 is 22.1 Å². The number of allylic oxidation sites excluding steroid dienone is 1. The molecule has 5 unspecified atom stereocenters. The van der Waals surface area contributed by atoms with Gasteiger partial charge in [-0.05, 0) is 62.3 Å². The third-order valence-electron chi connectivity index (χ3n) is 10.6. The maximum absolute atomic E-state index is 14.6. The number of nitrogens with one attached hydrogen (secondary N) is 2. The van der Waals surface area contributed by atoms with Crippen LogP contribution in [-0.2, 0) is 14.8 Å². The summed E-state index contributed by atoms with van der Waals surface area (Å²) in [4.78, 5) is 20.8. The Labute approximate surface area is 231 Å². The van der Waals surface area contributed by atoms with Gasteiger partial charge in [-0.2, -0.15) is 4.31 Å². The molecule has 39 heavy (non-hydrogen) atoms. The molecule has 4 aliphatic heterocycles. The highest BCUT2D eigenvalue weighted by Crippen LogP contribution is 2.69. The molecule has 6 rings (SSSR count). The Hall–Kier alpha value is -1.44. The first kappa shape index (κ1) is 27.7. The molecule has 0 aromatic heterocycles. The van der Waals surface area contributed by atoms with Crippen molar-refractivity contribution >= 4 is 21.6 Å². The summed E-state index contributed by atoms with van der Waals surface area (Å²) in [6.45, 7) is 3.21. The maximum Gasteiger partial charge on any atom is 0.232 e. The van der Waals surface area contributed by atoms with Gasteiger partial charge in [0, 0.05) is 44.0 Å².